The number of hydrogen-bond acceptors (Lipinski definition) is 1. The third-order valence-electron chi connectivity index (χ3n) is 2.78. The maximum absolute atomic E-state index is 13.1. The molecule has 0 amide bonds. The van der Waals surface area contributed by atoms with Gasteiger partial charge in [0.15, 0.2) is 0 Å². The highest BCUT2D eigenvalue weighted by Gasteiger charge is 2.02. The van der Waals surface area contributed by atoms with Gasteiger partial charge in [-0.2, -0.15) is 0 Å². The van der Waals surface area contributed by atoms with Gasteiger partial charge < -0.3 is 4.98 Å². The first kappa shape index (κ1) is 11.4. The zero-order valence-electron chi connectivity index (χ0n) is 9.69. The fourth-order valence-corrected chi connectivity index (χ4v) is 2.75. The molecule has 0 fully saturated rings. The van der Waals surface area contributed by atoms with Crippen molar-refractivity contribution in [2.24, 2.45) is 0 Å². The van der Waals surface area contributed by atoms with Crippen molar-refractivity contribution in [3.05, 3.63) is 66.1 Å². The first-order chi connectivity index (χ1) is 8.81. The maximum atomic E-state index is 13.1. The molecule has 0 unspecified atom stereocenters. The highest BCUT2D eigenvalue weighted by Crippen LogP contribution is 2.24. The summed E-state index contributed by atoms with van der Waals surface area (Å²) in [6.07, 6.45) is 0. The number of fused-ring (bicyclic) bond motifs is 1. The molecule has 1 N–H and O–H groups in total. The number of aromatic amines is 1. The van der Waals surface area contributed by atoms with Crippen molar-refractivity contribution in [2.75, 3.05) is 0 Å². The molecule has 0 bridgehead atoms. The van der Waals surface area contributed by atoms with E-state index in [4.69, 9.17) is 0 Å². The normalized spacial score (nSPS) is 10.9. The van der Waals surface area contributed by atoms with Crippen LogP contribution in [0.2, 0.25) is 0 Å². The van der Waals surface area contributed by atoms with E-state index in [-0.39, 0.29) is 5.82 Å². The average Bonchev–Trinajstić information content (AvgIpc) is 2.79. The Kier molecular flexibility index (Phi) is 3.07. The Labute approximate surface area is 109 Å². The van der Waals surface area contributed by atoms with Gasteiger partial charge in [0.1, 0.15) is 5.82 Å². The van der Waals surface area contributed by atoms with Gasteiger partial charge in [0.05, 0.1) is 0 Å². The lowest BCUT2D eigenvalue weighted by Crippen LogP contribution is -1.79. The Morgan fingerprint density at radius 1 is 1.00 bits per heavy atom. The summed E-state index contributed by atoms with van der Waals surface area (Å²) in [5.41, 5.74) is 2.10. The second-order valence-corrected chi connectivity index (χ2v) is 5.18. The van der Waals surface area contributed by atoms with Crippen LogP contribution in [-0.2, 0) is 5.75 Å². The van der Waals surface area contributed by atoms with E-state index in [0.29, 0.717) is 0 Å². The molecule has 0 saturated carbocycles. The van der Waals surface area contributed by atoms with Gasteiger partial charge >= 0.3 is 0 Å². The Balaban J connectivity index is 1.79. The quantitative estimate of drug-likeness (QED) is 0.678. The van der Waals surface area contributed by atoms with Crippen LogP contribution >= 0.6 is 11.8 Å². The van der Waals surface area contributed by atoms with E-state index >= 15 is 0 Å². The van der Waals surface area contributed by atoms with Gasteiger partial charge in [0.2, 0.25) is 0 Å². The average molecular weight is 257 g/mol. The summed E-state index contributed by atoms with van der Waals surface area (Å²) in [6.45, 7) is 0. The van der Waals surface area contributed by atoms with Crippen LogP contribution < -0.4 is 0 Å². The lowest BCUT2D eigenvalue weighted by atomic mass is 10.2. The number of thioether (sulfide) groups is 1. The SMILES string of the molecule is Fc1ccc2[nH]c(CSc3ccccc3)cc2c1. The van der Waals surface area contributed by atoms with Crippen LogP contribution in [0, 0.1) is 5.82 Å². The predicted octanol–water partition coefficient (Wildman–Crippen LogP) is 4.60. The number of rotatable bonds is 3. The number of aromatic nitrogens is 1. The number of H-pyrrole nitrogens is 1. The highest BCUT2D eigenvalue weighted by atomic mass is 32.2. The van der Waals surface area contributed by atoms with Gasteiger partial charge in [-0.15, -0.1) is 11.8 Å². The molecule has 0 atom stereocenters. The van der Waals surface area contributed by atoms with E-state index in [0.717, 1.165) is 22.3 Å². The third-order valence-corrected chi connectivity index (χ3v) is 3.84. The van der Waals surface area contributed by atoms with Gasteiger partial charge in [-0.1, -0.05) is 18.2 Å². The minimum atomic E-state index is -0.191. The van der Waals surface area contributed by atoms with Crippen molar-refractivity contribution in [2.45, 2.75) is 10.6 Å². The smallest absolute Gasteiger partial charge is 0.123 e. The van der Waals surface area contributed by atoms with E-state index in [9.17, 15) is 4.39 Å². The van der Waals surface area contributed by atoms with Crippen molar-refractivity contribution < 1.29 is 4.39 Å². The summed E-state index contributed by atoms with van der Waals surface area (Å²) >= 11 is 1.77. The Hall–Kier alpha value is -1.74. The lowest BCUT2D eigenvalue weighted by molar-refractivity contribution is 0.630. The van der Waals surface area contributed by atoms with Gasteiger partial charge in [-0.05, 0) is 36.4 Å². The Bertz CT molecular complexity index is 661. The van der Waals surface area contributed by atoms with Crippen LogP contribution in [0.1, 0.15) is 5.69 Å². The van der Waals surface area contributed by atoms with Crippen molar-refractivity contribution >= 4 is 22.7 Å². The van der Waals surface area contributed by atoms with Gasteiger partial charge in [0.25, 0.3) is 0 Å². The molecule has 18 heavy (non-hydrogen) atoms. The molecule has 1 nitrogen and oxygen atoms in total. The molecule has 0 aliphatic carbocycles. The summed E-state index contributed by atoms with van der Waals surface area (Å²) in [5, 5.41) is 0.929. The van der Waals surface area contributed by atoms with Gasteiger partial charge in [-0.25, -0.2) is 4.39 Å². The zero-order chi connectivity index (χ0) is 12.4. The molecule has 90 valence electrons. The fraction of sp³-hybridized carbons (Fsp3) is 0.0667. The van der Waals surface area contributed by atoms with E-state index in [1.165, 1.54) is 11.0 Å². The summed E-state index contributed by atoms with van der Waals surface area (Å²) < 4.78 is 13.1. The molecule has 3 heteroatoms. The van der Waals surface area contributed by atoms with E-state index in [1.807, 2.05) is 24.3 Å². The van der Waals surface area contributed by atoms with Crippen LogP contribution in [0.4, 0.5) is 4.39 Å². The lowest BCUT2D eigenvalue weighted by Gasteiger charge is -1.98. The third kappa shape index (κ3) is 2.41. The Morgan fingerprint density at radius 2 is 1.83 bits per heavy atom. The molecule has 3 aromatic rings. The molecule has 0 spiro atoms. The van der Waals surface area contributed by atoms with Crippen LogP contribution in [0.15, 0.2) is 59.5 Å². The van der Waals surface area contributed by atoms with Crippen molar-refractivity contribution in [3.8, 4) is 0 Å². The van der Waals surface area contributed by atoms with E-state index in [2.05, 4.69) is 17.1 Å². The molecule has 0 radical (unpaired) electrons. The minimum absolute atomic E-state index is 0.191. The summed E-state index contributed by atoms with van der Waals surface area (Å²) in [6, 6.07) is 17.1. The van der Waals surface area contributed by atoms with Crippen LogP contribution in [0.3, 0.4) is 0 Å². The van der Waals surface area contributed by atoms with E-state index < -0.39 is 0 Å². The number of nitrogens with one attached hydrogen (secondary N) is 1. The number of halogens is 1. The summed E-state index contributed by atoms with van der Waals surface area (Å²) in [7, 11) is 0. The topological polar surface area (TPSA) is 15.8 Å². The molecule has 1 aromatic heterocycles. The molecule has 3 rings (SSSR count). The van der Waals surface area contributed by atoms with Gasteiger partial charge in [-0.3, -0.25) is 0 Å². The van der Waals surface area contributed by atoms with Crippen LogP contribution in [-0.4, -0.2) is 4.98 Å². The Morgan fingerprint density at radius 3 is 2.67 bits per heavy atom. The van der Waals surface area contributed by atoms with Crippen LogP contribution in [0.5, 0.6) is 0 Å². The maximum Gasteiger partial charge on any atom is 0.123 e. The molecular weight excluding hydrogens is 245 g/mol. The van der Waals surface area contributed by atoms with Crippen LogP contribution in [0.25, 0.3) is 10.9 Å². The van der Waals surface area contributed by atoms with Crippen molar-refractivity contribution in [1.82, 2.24) is 4.98 Å². The second-order valence-electron chi connectivity index (χ2n) is 4.13. The summed E-state index contributed by atoms with van der Waals surface area (Å²) in [4.78, 5) is 4.54. The van der Waals surface area contributed by atoms with Crippen molar-refractivity contribution in [3.63, 3.8) is 0 Å². The summed E-state index contributed by atoms with van der Waals surface area (Å²) in [5.74, 6) is 0.670. The van der Waals surface area contributed by atoms with E-state index in [1.54, 1.807) is 23.9 Å². The second kappa shape index (κ2) is 4.86. The molecule has 0 aliphatic heterocycles. The number of benzene rings is 2. The zero-order valence-corrected chi connectivity index (χ0v) is 10.5. The monoisotopic (exact) mass is 257 g/mol. The van der Waals surface area contributed by atoms with Crippen molar-refractivity contribution in [1.29, 1.82) is 0 Å². The first-order valence-electron chi connectivity index (χ1n) is 5.76. The molecule has 0 saturated heterocycles. The minimum Gasteiger partial charge on any atom is -0.358 e. The highest BCUT2D eigenvalue weighted by molar-refractivity contribution is 7.98. The molecular formula is C15H12FNS. The van der Waals surface area contributed by atoms with Gasteiger partial charge in [0, 0.05) is 27.2 Å². The molecule has 1 heterocycles. The standard InChI is InChI=1S/C15H12FNS/c16-12-6-7-15-11(8-12)9-13(17-15)10-18-14-4-2-1-3-5-14/h1-9,17H,10H2. The predicted molar refractivity (Wildman–Crippen MR) is 74.3 cm³/mol. The molecule has 0 aliphatic rings. The largest absolute Gasteiger partial charge is 0.358 e. The fourth-order valence-electron chi connectivity index (χ4n) is 1.92. The number of hydrogen-bond donors (Lipinski definition) is 1. The molecule has 2 aromatic carbocycles. The first-order valence-corrected chi connectivity index (χ1v) is 6.75.